The summed E-state index contributed by atoms with van der Waals surface area (Å²) in [5, 5.41) is 3.67. The number of thiazole rings is 1. The maximum Gasteiger partial charge on any atom is 0.391 e. The summed E-state index contributed by atoms with van der Waals surface area (Å²) in [5.74, 6) is -1.28. The van der Waals surface area contributed by atoms with Crippen LogP contribution in [0.2, 0.25) is 0 Å². The fourth-order valence-corrected chi connectivity index (χ4v) is 4.25. The minimum atomic E-state index is -4.15. The fourth-order valence-electron chi connectivity index (χ4n) is 3.15. The summed E-state index contributed by atoms with van der Waals surface area (Å²) in [6, 6.07) is -0.293. The van der Waals surface area contributed by atoms with Gasteiger partial charge in [0, 0.05) is 18.0 Å². The molecule has 1 aliphatic carbocycles. The maximum absolute atomic E-state index is 12.6. The average Bonchev–Trinajstić information content (AvgIpc) is 2.95. The third kappa shape index (κ3) is 3.97. The lowest BCUT2D eigenvalue weighted by molar-refractivity contribution is -0.183. The highest BCUT2D eigenvalue weighted by molar-refractivity contribution is 7.11. The lowest BCUT2D eigenvalue weighted by Gasteiger charge is -2.32. The van der Waals surface area contributed by atoms with Crippen LogP contribution >= 0.6 is 11.3 Å². The van der Waals surface area contributed by atoms with Gasteiger partial charge in [-0.3, -0.25) is 0 Å². The molecule has 1 aromatic rings. The van der Waals surface area contributed by atoms with Crippen LogP contribution in [0.5, 0.6) is 0 Å². The Morgan fingerprint density at radius 2 is 1.96 bits per heavy atom. The van der Waals surface area contributed by atoms with E-state index in [0.29, 0.717) is 6.54 Å². The normalized spacial score (nSPS) is 19.5. The van der Waals surface area contributed by atoms with Crippen molar-refractivity contribution in [2.75, 3.05) is 13.1 Å². The van der Waals surface area contributed by atoms with Crippen LogP contribution in [0, 0.1) is 5.92 Å². The smallest absolute Gasteiger partial charge is 0.331 e. The van der Waals surface area contributed by atoms with Gasteiger partial charge in [0.25, 0.3) is 0 Å². The molecule has 8 heteroatoms. The number of carbonyl (C=O) groups is 1. The molecule has 2 amide bonds. The van der Waals surface area contributed by atoms with Gasteiger partial charge in [0.05, 0.1) is 18.2 Å². The summed E-state index contributed by atoms with van der Waals surface area (Å²) in [7, 11) is 0. The van der Waals surface area contributed by atoms with E-state index in [9.17, 15) is 18.0 Å². The van der Waals surface area contributed by atoms with E-state index in [1.165, 1.54) is 16.2 Å². The molecule has 1 aromatic heterocycles. The lowest BCUT2D eigenvalue weighted by atomic mass is 9.96. The number of halogens is 3. The van der Waals surface area contributed by atoms with Gasteiger partial charge < -0.3 is 10.2 Å². The Morgan fingerprint density at radius 3 is 2.61 bits per heavy atom. The van der Waals surface area contributed by atoms with Crippen LogP contribution < -0.4 is 5.32 Å². The van der Waals surface area contributed by atoms with E-state index in [1.54, 1.807) is 11.3 Å². The van der Waals surface area contributed by atoms with Crippen molar-refractivity contribution >= 4 is 17.4 Å². The molecule has 1 fully saturated rings. The van der Waals surface area contributed by atoms with Crippen LogP contribution in [0.4, 0.5) is 18.0 Å². The molecular formula is C15H20F3N3OS. The summed E-state index contributed by atoms with van der Waals surface area (Å²) in [4.78, 5) is 19.4. The number of hydrogen-bond donors (Lipinski definition) is 1. The topological polar surface area (TPSA) is 45.2 Å². The van der Waals surface area contributed by atoms with Crippen molar-refractivity contribution in [3.05, 3.63) is 15.6 Å². The second kappa shape index (κ2) is 6.67. The molecule has 23 heavy (non-hydrogen) atoms. The summed E-state index contributed by atoms with van der Waals surface area (Å²) in [5.41, 5.74) is 1.15. The minimum absolute atomic E-state index is 0.0114. The number of aryl methyl sites for hydroxylation is 2. The molecule has 0 aromatic carbocycles. The predicted octanol–water partition coefficient (Wildman–Crippen LogP) is 3.51. The molecule has 0 atom stereocenters. The fraction of sp³-hybridized carbons (Fsp3) is 0.733. The first-order valence-electron chi connectivity index (χ1n) is 8.00. The van der Waals surface area contributed by atoms with E-state index in [0.717, 1.165) is 30.0 Å². The molecule has 0 unspecified atom stereocenters. The van der Waals surface area contributed by atoms with Gasteiger partial charge in [0.2, 0.25) is 0 Å². The number of hydrogen-bond acceptors (Lipinski definition) is 3. The highest BCUT2D eigenvalue weighted by Gasteiger charge is 2.41. The SMILES string of the molecule is O=C(NCc1nc2c(s1)CCCC2)N1CCC(C(F)(F)F)CC1. The second-order valence-electron chi connectivity index (χ2n) is 6.15. The molecule has 4 nitrogen and oxygen atoms in total. The number of rotatable bonds is 2. The average molecular weight is 347 g/mol. The molecule has 3 rings (SSSR count). The number of likely N-dealkylation sites (tertiary alicyclic amines) is 1. The van der Waals surface area contributed by atoms with Crippen molar-refractivity contribution in [1.29, 1.82) is 0 Å². The molecule has 1 saturated heterocycles. The summed E-state index contributed by atoms with van der Waals surface area (Å²) < 4.78 is 37.9. The predicted molar refractivity (Wildman–Crippen MR) is 81.3 cm³/mol. The minimum Gasteiger partial charge on any atom is -0.331 e. The second-order valence-corrected chi connectivity index (χ2v) is 7.31. The molecule has 0 radical (unpaired) electrons. The third-order valence-electron chi connectivity index (χ3n) is 4.53. The van der Waals surface area contributed by atoms with Crippen LogP contribution in [0.1, 0.15) is 41.3 Å². The largest absolute Gasteiger partial charge is 0.391 e. The van der Waals surface area contributed by atoms with Gasteiger partial charge in [-0.1, -0.05) is 0 Å². The number of piperidine rings is 1. The van der Waals surface area contributed by atoms with Gasteiger partial charge in [-0.2, -0.15) is 13.2 Å². The van der Waals surface area contributed by atoms with Crippen molar-refractivity contribution in [2.45, 2.75) is 51.2 Å². The van der Waals surface area contributed by atoms with Crippen molar-refractivity contribution in [3.63, 3.8) is 0 Å². The third-order valence-corrected chi connectivity index (χ3v) is 5.68. The zero-order valence-corrected chi connectivity index (χ0v) is 13.6. The zero-order valence-electron chi connectivity index (χ0n) is 12.8. The van der Waals surface area contributed by atoms with E-state index in [2.05, 4.69) is 10.3 Å². The molecule has 0 bridgehead atoms. The van der Waals surface area contributed by atoms with E-state index >= 15 is 0 Å². The first-order chi connectivity index (χ1) is 10.9. The Bertz CT molecular complexity index is 541. The van der Waals surface area contributed by atoms with Crippen molar-refractivity contribution in [2.24, 2.45) is 5.92 Å². The first-order valence-corrected chi connectivity index (χ1v) is 8.82. The standard InChI is InChI=1S/C15H20F3N3OS/c16-15(17,18)10-5-7-21(8-6-10)14(22)19-9-13-20-11-3-1-2-4-12(11)23-13/h10H,1-9H2,(H,19,22). The maximum atomic E-state index is 12.6. The van der Waals surface area contributed by atoms with Crippen LogP contribution in [-0.2, 0) is 19.4 Å². The monoisotopic (exact) mass is 347 g/mol. The summed E-state index contributed by atoms with van der Waals surface area (Å²) >= 11 is 1.63. The highest BCUT2D eigenvalue weighted by Crippen LogP contribution is 2.34. The van der Waals surface area contributed by atoms with Crippen LogP contribution in [0.3, 0.4) is 0 Å². The lowest BCUT2D eigenvalue weighted by Crippen LogP contribution is -2.46. The molecule has 1 aliphatic heterocycles. The van der Waals surface area contributed by atoms with Crippen LogP contribution in [-0.4, -0.2) is 35.2 Å². The molecule has 128 valence electrons. The van der Waals surface area contributed by atoms with Crippen molar-refractivity contribution < 1.29 is 18.0 Å². The quantitative estimate of drug-likeness (QED) is 0.890. The van der Waals surface area contributed by atoms with Crippen LogP contribution in [0.25, 0.3) is 0 Å². The van der Waals surface area contributed by atoms with Crippen molar-refractivity contribution in [3.8, 4) is 0 Å². The Kier molecular flexibility index (Phi) is 4.79. The number of nitrogens with one attached hydrogen (secondary N) is 1. The van der Waals surface area contributed by atoms with Crippen molar-refractivity contribution in [1.82, 2.24) is 15.2 Å². The molecule has 0 spiro atoms. The number of amides is 2. The van der Waals surface area contributed by atoms with Gasteiger partial charge >= 0.3 is 12.2 Å². The number of fused-ring (bicyclic) bond motifs is 1. The number of aromatic nitrogens is 1. The zero-order chi connectivity index (χ0) is 16.4. The van der Waals surface area contributed by atoms with E-state index in [4.69, 9.17) is 0 Å². The molecule has 2 heterocycles. The Hall–Kier alpha value is -1.31. The van der Waals surface area contributed by atoms with Gasteiger partial charge in [0.15, 0.2) is 0 Å². The van der Waals surface area contributed by atoms with Crippen LogP contribution in [0.15, 0.2) is 0 Å². The van der Waals surface area contributed by atoms with Gasteiger partial charge in [0.1, 0.15) is 5.01 Å². The van der Waals surface area contributed by atoms with E-state index in [-0.39, 0.29) is 32.0 Å². The van der Waals surface area contributed by atoms with Gasteiger partial charge in [-0.05, 0) is 38.5 Å². The van der Waals surface area contributed by atoms with E-state index < -0.39 is 12.1 Å². The van der Waals surface area contributed by atoms with Gasteiger partial charge in [-0.15, -0.1) is 11.3 Å². The Labute approximate surface area is 137 Å². The number of nitrogens with zero attached hydrogens (tertiary/aromatic N) is 2. The Morgan fingerprint density at radius 1 is 1.26 bits per heavy atom. The molecule has 0 saturated carbocycles. The summed E-state index contributed by atoms with van der Waals surface area (Å²) in [6.45, 7) is 0.671. The number of alkyl halides is 3. The number of carbonyl (C=O) groups excluding carboxylic acids is 1. The Balaban J connectivity index is 1.48. The molecule has 1 N–H and O–H groups in total. The molecular weight excluding hydrogens is 327 g/mol. The molecule has 2 aliphatic rings. The first kappa shape index (κ1) is 16.5. The van der Waals surface area contributed by atoms with E-state index in [1.807, 2.05) is 0 Å². The van der Waals surface area contributed by atoms with Gasteiger partial charge in [-0.25, -0.2) is 9.78 Å². The summed E-state index contributed by atoms with van der Waals surface area (Å²) in [6.07, 6.45) is 0.246. The highest BCUT2D eigenvalue weighted by atomic mass is 32.1. The number of urea groups is 1.